The minimum Gasteiger partial charge on any atom is -0.376 e. The lowest BCUT2D eigenvalue weighted by Gasteiger charge is -2.26. The molecule has 0 unspecified atom stereocenters. The summed E-state index contributed by atoms with van der Waals surface area (Å²) in [5.41, 5.74) is 6.72. The highest BCUT2D eigenvalue weighted by atomic mass is 16.5. The van der Waals surface area contributed by atoms with E-state index in [1.807, 2.05) is 7.05 Å². The first kappa shape index (κ1) is 14.2. The maximum atomic E-state index is 5.89. The zero-order valence-corrected chi connectivity index (χ0v) is 12.3. The summed E-state index contributed by atoms with van der Waals surface area (Å²) in [6.45, 7) is 1.40. The Morgan fingerprint density at radius 1 is 1.33 bits per heavy atom. The molecule has 2 aromatic rings. The van der Waals surface area contributed by atoms with Crippen molar-refractivity contribution < 1.29 is 4.74 Å². The van der Waals surface area contributed by atoms with Crippen molar-refractivity contribution in [2.45, 2.75) is 37.8 Å². The molecule has 3 rings (SSSR count). The van der Waals surface area contributed by atoms with Crippen molar-refractivity contribution in [3.05, 3.63) is 12.5 Å². The fourth-order valence-corrected chi connectivity index (χ4v) is 2.75. The average Bonchev–Trinajstić information content (AvgIpc) is 2.88. The van der Waals surface area contributed by atoms with Gasteiger partial charge in [-0.15, -0.1) is 0 Å². The summed E-state index contributed by atoms with van der Waals surface area (Å²) in [6, 6.07) is 0.364. The molecule has 21 heavy (non-hydrogen) atoms. The molecule has 1 fully saturated rings. The molecule has 3 N–H and O–H groups in total. The molecule has 0 bridgehead atoms. The second kappa shape index (κ2) is 6.36. The smallest absolute Gasteiger partial charge is 0.163 e. The van der Waals surface area contributed by atoms with Crippen molar-refractivity contribution in [3.8, 4) is 0 Å². The van der Waals surface area contributed by atoms with Gasteiger partial charge in [-0.3, -0.25) is 4.68 Å². The Balaban J connectivity index is 1.48. The number of fused-ring (bicyclic) bond motifs is 1. The standard InChI is InChI=1S/C14H22N6O/c1-20-14-12(8-19-20)13(17-9-18-14)16-6-7-21-11-4-2-10(15)3-5-11/h8-11H,2-7,15H2,1H3,(H,16,17,18). The summed E-state index contributed by atoms with van der Waals surface area (Å²) in [7, 11) is 1.87. The lowest BCUT2D eigenvalue weighted by molar-refractivity contribution is 0.0313. The zero-order valence-electron chi connectivity index (χ0n) is 12.3. The van der Waals surface area contributed by atoms with Crippen LogP contribution >= 0.6 is 0 Å². The second-order valence-corrected chi connectivity index (χ2v) is 5.56. The van der Waals surface area contributed by atoms with Crippen LogP contribution in [0.3, 0.4) is 0 Å². The fourth-order valence-electron chi connectivity index (χ4n) is 2.75. The fraction of sp³-hybridized carbons (Fsp3) is 0.643. The minimum absolute atomic E-state index is 0.357. The number of nitrogens with two attached hydrogens (primary N) is 1. The first-order valence-corrected chi connectivity index (χ1v) is 7.48. The Bertz CT molecular complexity index is 590. The number of aromatic nitrogens is 4. The Morgan fingerprint density at radius 3 is 2.95 bits per heavy atom. The predicted molar refractivity (Wildman–Crippen MR) is 81.0 cm³/mol. The van der Waals surface area contributed by atoms with E-state index in [0.29, 0.717) is 18.8 Å². The molecule has 1 aliphatic rings. The molecule has 0 atom stereocenters. The van der Waals surface area contributed by atoms with Gasteiger partial charge in [-0.25, -0.2) is 9.97 Å². The van der Waals surface area contributed by atoms with Crippen LogP contribution in [0, 0.1) is 0 Å². The summed E-state index contributed by atoms with van der Waals surface area (Å²) < 4.78 is 7.63. The normalized spacial score (nSPS) is 22.6. The van der Waals surface area contributed by atoms with E-state index in [1.165, 1.54) is 0 Å². The first-order chi connectivity index (χ1) is 10.2. The number of nitrogens with one attached hydrogen (secondary N) is 1. The van der Waals surface area contributed by atoms with Gasteiger partial charge in [-0.05, 0) is 25.7 Å². The summed E-state index contributed by atoms with van der Waals surface area (Å²) in [5.74, 6) is 0.808. The number of hydrogen-bond acceptors (Lipinski definition) is 6. The highest BCUT2D eigenvalue weighted by Crippen LogP contribution is 2.20. The summed E-state index contributed by atoms with van der Waals surface area (Å²) in [4.78, 5) is 8.48. The van der Waals surface area contributed by atoms with Gasteiger partial charge in [0.25, 0.3) is 0 Å². The third kappa shape index (κ3) is 3.30. The average molecular weight is 290 g/mol. The van der Waals surface area contributed by atoms with Crippen LogP contribution in [0.1, 0.15) is 25.7 Å². The number of ether oxygens (including phenoxy) is 1. The molecule has 114 valence electrons. The van der Waals surface area contributed by atoms with Crippen molar-refractivity contribution in [2.24, 2.45) is 12.8 Å². The van der Waals surface area contributed by atoms with Gasteiger partial charge in [0, 0.05) is 19.6 Å². The molecule has 0 saturated heterocycles. The summed E-state index contributed by atoms with van der Waals surface area (Å²) in [5, 5.41) is 8.43. The molecule has 0 amide bonds. The van der Waals surface area contributed by atoms with Gasteiger partial charge in [0.15, 0.2) is 5.65 Å². The topological polar surface area (TPSA) is 90.9 Å². The van der Waals surface area contributed by atoms with Crippen molar-refractivity contribution >= 4 is 16.9 Å². The quantitative estimate of drug-likeness (QED) is 0.800. The van der Waals surface area contributed by atoms with Crippen molar-refractivity contribution in [1.29, 1.82) is 0 Å². The Hall–Kier alpha value is -1.73. The first-order valence-electron chi connectivity index (χ1n) is 7.48. The number of anilines is 1. The third-order valence-electron chi connectivity index (χ3n) is 4.00. The van der Waals surface area contributed by atoms with Crippen LogP contribution in [-0.4, -0.2) is 45.0 Å². The van der Waals surface area contributed by atoms with E-state index in [1.54, 1.807) is 17.2 Å². The molecule has 0 radical (unpaired) electrons. The number of nitrogens with zero attached hydrogens (tertiary/aromatic N) is 4. The highest BCUT2D eigenvalue weighted by Gasteiger charge is 2.18. The second-order valence-electron chi connectivity index (χ2n) is 5.56. The van der Waals surface area contributed by atoms with E-state index >= 15 is 0 Å². The molecule has 0 aliphatic heterocycles. The van der Waals surface area contributed by atoms with E-state index in [9.17, 15) is 0 Å². The Kier molecular flexibility index (Phi) is 4.31. The number of aryl methyl sites for hydroxylation is 1. The minimum atomic E-state index is 0.357. The van der Waals surface area contributed by atoms with E-state index in [0.717, 1.165) is 49.1 Å². The van der Waals surface area contributed by atoms with Crippen molar-refractivity contribution in [2.75, 3.05) is 18.5 Å². The predicted octanol–water partition coefficient (Wildman–Crippen LogP) is 1.06. The van der Waals surface area contributed by atoms with Gasteiger partial charge in [0.1, 0.15) is 12.1 Å². The molecule has 7 heteroatoms. The molecule has 1 saturated carbocycles. The molecular formula is C14H22N6O. The van der Waals surface area contributed by atoms with Crippen LogP contribution in [0.15, 0.2) is 12.5 Å². The van der Waals surface area contributed by atoms with Crippen LogP contribution in [0.2, 0.25) is 0 Å². The van der Waals surface area contributed by atoms with Crippen LogP contribution in [0.5, 0.6) is 0 Å². The number of rotatable bonds is 5. The highest BCUT2D eigenvalue weighted by molar-refractivity contribution is 5.85. The lowest BCUT2D eigenvalue weighted by Crippen LogP contribution is -2.31. The lowest BCUT2D eigenvalue weighted by atomic mass is 9.94. The van der Waals surface area contributed by atoms with Crippen LogP contribution in [0.4, 0.5) is 5.82 Å². The Morgan fingerprint density at radius 2 is 2.14 bits per heavy atom. The molecule has 0 spiro atoms. The molecule has 1 aliphatic carbocycles. The van der Waals surface area contributed by atoms with Crippen LogP contribution in [0.25, 0.3) is 11.0 Å². The maximum Gasteiger partial charge on any atom is 0.163 e. The maximum absolute atomic E-state index is 5.89. The molecular weight excluding hydrogens is 268 g/mol. The van der Waals surface area contributed by atoms with Gasteiger partial charge in [0.2, 0.25) is 0 Å². The molecule has 0 aromatic carbocycles. The van der Waals surface area contributed by atoms with Gasteiger partial charge in [0.05, 0.1) is 24.3 Å². The van der Waals surface area contributed by atoms with Crippen molar-refractivity contribution in [3.63, 3.8) is 0 Å². The third-order valence-corrected chi connectivity index (χ3v) is 4.00. The van der Waals surface area contributed by atoms with Gasteiger partial charge in [-0.1, -0.05) is 0 Å². The van der Waals surface area contributed by atoms with E-state index in [2.05, 4.69) is 20.4 Å². The van der Waals surface area contributed by atoms with Gasteiger partial charge in [-0.2, -0.15) is 5.10 Å². The molecule has 2 heterocycles. The Labute approximate surface area is 123 Å². The SMILES string of the molecule is Cn1ncc2c(NCCOC3CCC(N)CC3)ncnc21. The van der Waals surface area contributed by atoms with E-state index < -0.39 is 0 Å². The molecule has 7 nitrogen and oxygen atoms in total. The molecule has 2 aromatic heterocycles. The van der Waals surface area contributed by atoms with Gasteiger partial charge < -0.3 is 15.8 Å². The van der Waals surface area contributed by atoms with Crippen LogP contribution < -0.4 is 11.1 Å². The monoisotopic (exact) mass is 290 g/mol. The van der Waals surface area contributed by atoms with Crippen molar-refractivity contribution in [1.82, 2.24) is 19.7 Å². The van der Waals surface area contributed by atoms with Gasteiger partial charge >= 0.3 is 0 Å². The summed E-state index contributed by atoms with van der Waals surface area (Å²) in [6.07, 6.45) is 7.97. The van der Waals surface area contributed by atoms with E-state index in [4.69, 9.17) is 10.5 Å². The zero-order chi connectivity index (χ0) is 14.7. The summed E-state index contributed by atoms with van der Waals surface area (Å²) >= 11 is 0. The largest absolute Gasteiger partial charge is 0.376 e. The van der Waals surface area contributed by atoms with Crippen LogP contribution in [-0.2, 0) is 11.8 Å². The van der Waals surface area contributed by atoms with E-state index in [-0.39, 0.29) is 0 Å². The number of hydrogen-bond donors (Lipinski definition) is 2.